The average molecular weight is 426 g/mol. The Bertz CT molecular complexity index is 1180. The SMILES string of the molecule is CCC[n+]1c(N)c(C(=O)NCCN2CCOCC2)cc2c(=O)n3cccc(C)c3nc21. The molecule has 1 fully saturated rings. The topological polar surface area (TPSA) is 106 Å². The van der Waals surface area contributed by atoms with Crippen molar-refractivity contribution in [3.05, 3.63) is 45.9 Å². The Morgan fingerprint density at radius 1 is 1.35 bits per heavy atom. The van der Waals surface area contributed by atoms with E-state index in [0.29, 0.717) is 54.4 Å². The number of carbonyl (C=O) groups is 1. The maximum Gasteiger partial charge on any atom is 0.278 e. The summed E-state index contributed by atoms with van der Waals surface area (Å²) in [5.74, 6) is 0.0364. The number of hydrogen-bond donors (Lipinski definition) is 2. The normalized spacial score (nSPS) is 14.9. The van der Waals surface area contributed by atoms with Crippen LogP contribution in [0, 0.1) is 6.92 Å². The van der Waals surface area contributed by atoms with Crippen molar-refractivity contribution in [3.8, 4) is 0 Å². The predicted molar refractivity (Wildman–Crippen MR) is 118 cm³/mol. The lowest BCUT2D eigenvalue weighted by molar-refractivity contribution is -0.658. The van der Waals surface area contributed by atoms with Crippen LogP contribution in [-0.2, 0) is 11.3 Å². The molecule has 3 aromatic heterocycles. The molecule has 0 aliphatic carbocycles. The quantitative estimate of drug-likeness (QED) is 0.440. The highest BCUT2D eigenvalue weighted by atomic mass is 16.5. The molecule has 1 amide bonds. The van der Waals surface area contributed by atoms with Crippen LogP contribution in [0.1, 0.15) is 29.3 Å². The number of aromatic nitrogens is 3. The lowest BCUT2D eigenvalue weighted by atomic mass is 10.1. The second-order valence-electron chi connectivity index (χ2n) is 7.84. The third-order valence-corrected chi connectivity index (χ3v) is 5.68. The monoisotopic (exact) mass is 425 g/mol. The maximum atomic E-state index is 13.2. The fourth-order valence-corrected chi connectivity index (χ4v) is 3.99. The summed E-state index contributed by atoms with van der Waals surface area (Å²) >= 11 is 0. The third-order valence-electron chi connectivity index (χ3n) is 5.68. The van der Waals surface area contributed by atoms with Gasteiger partial charge in [-0.05, 0) is 25.5 Å². The zero-order valence-electron chi connectivity index (χ0n) is 18.1. The Labute approximate surface area is 180 Å². The van der Waals surface area contributed by atoms with Gasteiger partial charge in [0.2, 0.25) is 11.5 Å². The molecular formula is C22H29N6O3+. The van der Waals surface area contributed by atoms with Gasteiger partial charge in [-0.1, -0.05) is 18.0 Å². The number of morpholine rings is 1. The highest BCUT2D eigenvalue weighted by Gasteiger charge is 2.24. The number of ether oxygens (including phenoxy) is 1. The average Bonchev–Trinajstić information content (AvgIpc) is 2.77. The number of anilines is 1. The Hall–Kier alpha value is -3.04. The molecule has 1 aliphatic rings. The van der Waals surface area contributed by atoms with Gasteiger partial charge >= 0.3 is 0 Å². The fourth-order valence-electron chi connectivity index (χ4n) is 3.99. The van der Waals surface area contributed by atoms with E-state index in [2.05, 4.69) is 10.2 Å². The van der Waals surface area contributed by atoms with Gasteiger partial charge in [0.15, 0.2) is 0 Å². The van der Waals surface area contributed by atoms with Gasteiger partial charge in [0, 0.05) is 37.9 Å². The van der Waals surface area contributed by atoms with Gasteiger partial charge in [-0.15, -0.1) is 0 Å². The van der Waals surface area contributed by atoms with Crippen LogP contribution in [0.4, 0.5) is 5.82 Å². The van der Waals surface area contributed by atoms with Crippen molar-refractivity contribution in [2.45, 2.75) is 26.8 Å². The van der Waals surface area contributed by atoms with Crippen LogP contribution >= 0.6 is 0 Å². The zero-order valence-corrected chi connectivity index (χ0v) is 18.1. The molecule has 3 N–H and O–H groups in total. The largest absolute Gasteiger partial charge is 0.379 e. The maximum absolute atomic E-state index is 13.2. The molecule has 3 aromatic rings. The highest BCUT2D eigenvalue weighted by molar-refractivity contribution is 6.00. The number of amides is 1. The van der Waals surface area contributed by atoms with Crippen molar-refractivity contribution in [1.29, 1.82) is 0 Å². The van der Waals surface area contributed by atoms with Gasteiger partial charge in [0.1, 0.15) is 10.9 Å². The summed E-state index contributed by atoms with van der Waals surface area (Å²) in [5, 5.41) is 3.32. The number of nitrogens with zero attached hydrogens (tertiary/aromatic N) is 4. The first-order chi connectivity index (χ1) is 15.0. The number of nitrogens with two attached hydrogens (primary N) is 1. The van der Waals surface area contributed by atoms with E-state index in [9.17, 15) is 9.59 Å². The molecule has 164 valence electrons. The number of nitrogens with one attached hydrogen (secondary N) is 1. The molecule has 4 heterocycles. The number of pyridine rings is 2. The van der Waals surface area contributed by atoms with Gasteiger partial charge in [-0.2, -0.15) is 0 Å². The van der Waals surface area contributed by atoms with Crippen LogP contribution < -0.4 is 21.2 Å². The van der Waals surface area contributed by atoms with E-state index in [1.54, 1.807) is 16.8 Å². The molecule has 0 spiro atoms. The minimum atomic E-state index is -0.286. The first-order valence-electron chi connectivity index (χ1n) is 10.7. The van der Waals surface area contributed by atoms with Crippen molar-refractivity contribution in [2.75, 3.05) is 45.1 Å². The standard InChI is InChI=1S/C22H28N6O3/c1-3-7-27-18(23)16(21(29)24-6-9-26-10-12-31-13-11-26)14-17-20(27)25-19-15(2)5-4-8-28(19)22(17)30/h4-5,8,14,23H,3,6-7,9-13H2,1-2H3,(H,24,29)/p+1. The van der Waals surface area contributed by atoms with Crippen LogP contribution in [-0.4, -0.2) is 59.6 Å². The van der Waals surface area contributed by atoms with Crippen LogP contribution in [0.3, 0.4) is 0 Å². The molecule has 31 heavy (non-hydrogen) atoms. The molecule has 1 aliphatic heterocycles. The van der Waals surface area contributed by atoms with E-state index in [0.717, 1.165) is 31.6 Å². The fraction of sp³-hybridized carbons (Fsp3) is 0.455. The molecule has 0 aromatic carbocycles. The second-order valence-corrected chi connectivity index (χ2v) is 7.84. The zero-order chi connectivity index (χ0) is 22.0. The molecule has 1 saturated heterocycles. The molecule has 0 radical (unpaired) electrons. The van der Waals surface area contributed by atoms with Crippen molar-refractivity contribution in [1.82, 2.24) is 19.6 Å². The Morgan fingerprint density at radius 2 is 2.13 bits per heavy atom. The van der Waals surface area contributed by atoms with Gasteiger partial charge in [-0.3, -0.25) is 18.9 Å². The van der Waals surface area contributed by atoms with Crippen molar-refractivity contribution in [3.63, 3.8) is 0 Å². The van der Waals surface area contributed by atoms with Crippen molar-refractivity contribution >= 4 is 28.4 Å². The number of rotatable bonds is 6. The summed E-state index contributed by atoms with van der Waals surface area (Å²) in [6, 6.07) is 5.30. The number of carbonyl (C=O) groups excluding carboxylic acids is 1. The summed E-state index contributed by atoms with van der Waals surface area (Å²) in [7, 11) is 0. The Kier molecular flexibility index (Phi) is 6.15. The van der Waals surface area contributed by atoms with E-state index in [1.807, 2.05) is 26.0 Å². The number of hydrogen-bond acceptors (Lipinski definition) is 6. The summed E-state index contributed by atoms with van der Waals surface area (Å²) < 4.78 is 8.65. The summed E-state index contributed by atoms with van der Waals surface area (Å²) in [6.45, 7) is 8.89. The molecule has 0 saturated carbocycles. The molecule has 4 rings (SSSR count). The predicted octanol–water partition coefficient (Wildman–Crippen LogP) is 0.498. The number of aryl methyl sites for hydroxylation is 2. The molecule has 0 unspecified atom stereocenters. The van der Waals surface area contributed by atoms with Crippen molar-refractivity contribution in [2.24, 2.45) is 0 Å². The van der Waals surface area contributed by atoms with E-state index >= 15 is 0 Å². The van der Waals surface area contributed by atoms with Crippen LogP contribution in [0.2, 0.25) is 0 Å². The second kappa shape index (κ2) is 8.99. The summed E-state index contributed by atoms with van der Waals surface area (Å²) in [6.07, 6.45) is 2.49. The van der Waals surface area contributed by atoms with Crippen LogP contribution in [0.15, 0.2) is 29.2 Å². The van der Waals surface area contributed by atoms with E-state index < -0.39 is 0 Å². The van der Waals surface area contributed by atoms with Crippen molar-refractivity contribution < 1.29 is 14.1 Å². The van der Waals surface area contributed by atoms with Gasteiger partial charge in [0.25, 0.3) is 17.1 Å². The lowest BCUT2D eigenvalue weighted by Gasteiger charge is -2.26. The van der Waals surface area contributed by atoms with Gasteiger partial charge in [-0.25, -0.2) is 4.57 Å². The first kappa shape index (κ1) is 21.2. The van der Waals surface area contributed by atoms with Gasteiger partial charge in [0.05, 0.1) is 19.8 Å². The highest BCUT2D eigenvalue weighted by Crippen LogP contribution is 2.16. The van der Waals surface area contributed by atoms with Crippen LogP contribution in [0.25, 0.3) is 16.7 Å². The number of nitrogen functional groups attached to an aromatic ring is 1. The van der Waals surface area contributed by atoms with E-state index in [4.69, 9.17) is 15.5 Å². The number of fused-ring (bicyclic) bond motifs is 2. The van der Waals surface area contributed by atoms with E-state index in [-0.39, 0.29) is 11.5 Å². The molecule has 0 atom stereocenters. The molecule has 0 bridgehead atoms. The summed E-state index contributed by atoms with van der Waals surface area (Å²) in [5.41, 5.74) is 8.49. The molecule has 9 heteroatoms. The first-order valence-corrected chi connectivity index (χ1v) is 10.7. The minimum Gasteiger partial charge on any atom is -0.379 e. The lowest BCUT2D eigenvalue weighted by Crippen LogP contribution is -2.44. The Balaban J connectivity index is 1.72. The Morgan fingerprint density at radius 3 is 2.87 bits per heavy atom. The molecular weight excluding hydrogens is 396 g/mol. The van der Waals surface area contributed by atoms with Crippen LogP contribution in [0.5, 0.6) is 0 Å². The van der Waals surface area contributed by atoms with Gasteiger partial charge < -0.3 is 15.8 Å². The minimum absolute atomic E-state index is 0.212. The molecule has 9 nitrogen and oxygen atoms in total. The third kappa shape index (κ3) is 4.11. The smallest absolute Gasteiger partial charge is 0.278 e. The summed E-state index contributed by atoms with van der Waals surface area (Å²) in [4.78, 5) is 33.2. The van der Waals surface area contributed by atoms with E-state index in [1.165, 1.54) is 4.40 Å².